The van der Waals surface area contributed by atoms with Gasteiger partial charge in [0.05, 0.1) is 5.54 Å². The molecule has 0 bridgehead atoms. The first-order valence-electron chi connectivity index (χ1n) is 8.42. The molecule has 1 fully saturated rings. The summed E-state index contributed by atoms with van der Waals surface area (Å²) in [6.45, 7) is 2.26. The Balaban J connectivity index is 2.10. The van der Waals surface area contributed by atoms with Crippen LogP contribution in [0.15, 0.2) is 4.99 Å². The Kier molecular flexibility index (Phi) is 8.82. The average molecular weight is 265 g/mol. The second kappa shape index (κ2) is 10.2. The fraction of sp³-hybridized carbons (Fsp3) is 0.941. The normalized spacial score (nSPS) is 17.9. The van der Waals surface area contributed by atoms with Crippen LogP contribution in [0.1, 0.15) is 96.8 Å². The molecule has 0 aromatic heterocycles. The number of carbonyl (C=O) groups excluding carboxylic acids is 1. The summed E-state index contributed by atoms with van der Waals surface area (Å²) in [6, 6.07) is 0. The van der Waals surface area contributed by atoms with Crippen LogP contribution in [0.25, 0.3) is 0 Å². The lowest BCUT2D eigenvalue weighted by Gasteiger charge is -2.32. The van der Waals surface area contributed by atoms with Gasteiger partial charge < -0.3 is 0 Å². The van der Waals surface area contributed by atoms with Gasteiger partial charge in [-0.3, -0.25) is 0 Å². The summed E-state index contributed by atoms with van der Waals surface area (Å²) in [5, 5.41) is 0. The summed E-state index contributed by atoms with van der Waals surface area (Å²) >= 11 is 0. The molecule has 2 nitrogen and oxygen atoms in total. The van der Waals surface area contributed by atoms with Crippen LogP contribution >= 0.6 is 0 Å². The molecular formula is C17H31NO. The molecule has 19 heavy (non-hydrogen) atoms. The van der Waals surface area contributed by atoms with Crippen LogP contribution in [0.2, 0.25) is 0 Å². The van der Waals surface area contributed by atoms with Crippen molar-refractivity contribution in [2.75, 3.05) is 0 Å². The predicted octanol–water partition coefficient (Wildman–Crippen LogP) is 5.56. The van der Waals surface area contributed by atoms with E-state index in [1.54, 1.807) is 0 Å². The highest BCUT2D eigenvalue weighted by Gasteiger charge is 2.30. The molecule has 0 amide bonds. The van der Waals surface area contributed by atoms with Crippen LogP contribution in [0, 0.1) is 0 Å². The van der Waals surface area contributed by atoms with Gasteiger partial charge in [-0.2, -0.15) is 4.99 Å². The monoisotopic (exact) mass is 265 g/mol. The number of hydrogen-bond acceptors (Lipinski definition) is 2. The molecule has 1 aliphatic carbocycles. The molecule has 0 aliphatic heterocycles. The molecule has 0 heterocycles. The third-order valence-electron chi connectivity index (χ3n) is 4.56. The van der Waals surface area contributed by atoms with Crippen LogP contribution in [-0.2, 0) is 4.79 Å². The molecule has 110 valence electrons. The lowest BCUT2D eigenvalue weighted by Crippen LogP contribution is -2.29. The van der Waals surface area contributed by atoms with E-state index >= 15 is 0 Å². The predicted molar refractivity (Wildman–Crippen MR) is 81.2 cm³/mol. The van der Waals surface area contributed by atoms with Crippen LogP contribution in [0.5, 0.6) is 0 Å². The Morgan fingerprint density at radius 3 is 2.05 bits per heavy atom. The van der Waals surface area contributed by atoms with Crippen molar-refractivity contribution in [1.29, 1.82) is 0 Å². The lowest BCUT2D eigenvalue weighted by molar-refractivity contribution is 0.271. The molecule has 2 heteroatoms. The Hall–Kier alpha value is -0.620. The van der Waals surface area contributed by atoms with Crippen molar-refractivity contribution in [1.82, 2.24) is 0 Å². The smallest absolute Gasteiger partial charge is 0.211 e. The van der Waals surface area contributed by atoms with E-state index in [2.05, 4.69) is 11.9 Å². The molecule has 0 radical (unpaired) electrons. The lowest BCUT2D eigenvalue weighted by atomic mass is 9.78. The number of nitrogens with zero attached hydrogens (tertiary/aromatic N) is 1. The zero-order valence-corrected chi connectivity index (χ0v) is 12.8. The van der Waals surface area contributed by atoms with Crippen LogP contribution in [0.4, 0.5) is 0 Å². The van der Waals surface area contributed by atoms with Crippen molar-refractivity contribution in [2.24, 2.45) is 4.99 Å². The minimum Gasteiger partial charge on any atom is -0.211 e. The van der Waals surface area contributed by atoms with Gasteiger partial charge in [0, 0.05) is 0 Å². The minimum absolute atomic E-state index is 0.0256. The van der Waals surface area contributed by atoms with E-state index in [0.29, 0.717) is 0 Å². The van der Waals surface area contributed by atoms with E-state index in [1.807, 2.05) is 6.08 Å². The number of aliphatic imine (C=N–C) groups is 1. The molecule has 1 rings (SSSR count). The van der Waals surface area contributed by atoms with Crippen molar-refractivity contribution in [2.45, 2.75) is 102 Å². The Morgan fingerprint density at radius 1 is 0.895 bits per heavy atom. The third kappa shape index (κ3) is 6.92. The molecule has 0 unspecified atom stereocenters. The van der Waals surface area contributed by atoms with Crippen molar-refractivity contribution in [3.8, 4) is 0 Å². The highest BCUT2D eigenvalue weighted by Crippen LogP contribution is 2.35. The fourth-order valence-corrected chi connectivity index (χ4v) is 3.31. The van der Waals surface area contributed by atoms with E-state index in [0.717, 1.165) is 19.3 Å². The molecule has 0 atom stereocenters. The SMILES string of the molecule is CCCCCCCCCCC1(N=C=O)CCCCC1. The van der Waals surface area contributed by atoms with Crippen LogP contribution in [-0.4, -0.2) is 11.6 Å². The summed E-state index contributed by atoms with van der Waals surface area (Å²) in [4.78, 5) is 14.8. The summed E-state index contributed by atoms with van der Waals surface area (Å²) in [6.07, 6.45) is 19.7. The van der Waals surface area contributed by atoms with Crippen LogP contribution < -0.4 is 0 Å². The van der Waals surface area contributed by atoms with E-state index in [4.69, 9.17) is 0 Å². The summed E-state index contributed by atoms with van der Waals surface area (Å²) in [7, 11) is 0. The highest BCUT2D eigenvalue weighted by atomic mass is 16.1. The quantitative estimate of drug-likeness (QED) is 0.289. The van der Waals surface area contributed by atoms with Crippen molar-refractivity contribution >= 4 is 6.08 Å². The molecule has 0 aromatic rings. The van der Waals surface area contributed by atoms with E-state index in [-0.39, 0.29) is 5.54 Å². The Bertz CT molecular complexity index is 262. The average Bonchev–Trinajstić information content (AvgIpc) is 2.43. The summed E-state index contributed by atoms with van der Waals surface area (Å²) in [5.74, 6) is 0. The number of rotatable bonds is 10. The molecule has 0 saturated heterocycles. The van der Waals surface area contributed by atoms with Gasteiger partial charge in [0.2, 0.25) is 6.08 Å². The zero-order valence-electron chi connectivity index (χ0n) is 12.8. The number of isocyanates is 1. The number of hydrogen-bond donors (Lipinski definition) is 0. The van der Waals surface area contributed by atoms with Gasteiger partial charge in [-0.05, 0) is 19.3 Å². The van der Waals surface area contributed by atoms with Gasteiger partial charge in [-0.1, -0.05) is 77.6 Å². The largest absolute Gasteiger partial charge is 0.235 e. The van der Waals surface area contributed by atoms with Crippen molar-refractivity contribution < 1.29 is 4.79 Å². The van der Waals surface area contributed by atoms with Gasteiger partial charge in [0.15, 0.2) is 0 Å². The third-order valence-corrected chi connectivity index (χ3v) is 4.56. The molecule has 0 aromatic carbocycles. The maximum Gasteiger partial charge on any atom is 0.235 e. The Morgan fingerprint density at radius 2 is 1.47 bits per heavy atom. The maximum absolute atomic E-state index is 10.6. The zero-order chi connectivity index (χ0) is 13.8. The Labute approximate surface area is 119 Å². The second-order valence-corrected chi connectivity index (χ2v) is 6.21. The van der Waals surface area contributed by atoms with Crippen LogP contribution in [0.3, 0.4) is 0 Å². The minimum atomic E-state index is -0.0256. The molecular weight excluding hydrogens is 234 g/mol. The molecule has 1 aliphatic rings. The highest BCUT2D eigenvalue weighted by molar-refractivity contribution is 5.35. The standard InChI is InChI=1S/C17H31NO/c1-2-3-4-5-6-7-8-10-13-17(18-16-19)14-11-9-12-15-17/h2-15H2,1H3. The molecule has 1 saturated carbocycles. The van der Waals surface area contributed by atoms with E-state index in [1.165, 1.54) is 70.6 Å². The van der Waals surface area contributed by atoms with E-state index < -0.39 is 0 Å². The van der Waals surface area contributed by atoms with Gasteiger partial charge in [0.1, 0.15) is 0 Å². The first-order chi connectivity index (χ1) is 9.33. The maximum atomic E-state index is 10.6. The van der Waals surface area contributed by atoms with E-state index in [9.17, 15) is 4.79 Å². The summed E-state index contributed by atoms with van der Waals surface area (Å²) < 4.78 is 0. The fourth-order valence-electron chi connectivity index (χ4n) is 3.31. The number of unbranched alkanes of at least 4 members (excludes halogenated alkanes) is 7. The second-order valence-electron chi connectivity index (χ2n) is 6.21. The van der Waals surface area contributed by atoms with Gasteiger partial charge in [0.25, 0.3) is 0 Å². The summed E-state index contributed by atoms with van der Waals surface area (Å²) in [5.41, 5.74) is -0.0256. The molecule has 0 N–H and O–H groups in total. The van der Waals surface area contributed by atoms with Crippen molar-refractivity contribution in [3.63, 3.8) is 0 Å². The topological polar surface area (TPSA) is 29.4 Å². The van der Waals surface area contributed by atoms with Gasteiger partial charge in [-0.15, -0.1) is 0 Å². The van der Waals surface area contributed by atoms with Gasteiger partial charge in [-0.25, -0.2) is 4.79 Å². The van der Waals surface area contributed by atoms with Gasteiger partial charge >= 0.3 is 0 Å². The molecule has 0 spiro atoms. The van der Waals surface area contributed by atoms with Crippen molar-refractivity contribution in [3.05, 3.63) is 0 Å². The first-order valence-corrected chi connectivity index (χ1v) is 8.42. The first kappa shape index (κ1) is 16.4.